The first-order chi connectivity index (χ1) is 18.9. The number of amides is 1. The third kappa shape index (κ3) is 4.82. The first-order valence-corrected chi connectivity index (χ1v) is 12.3. The summed E-state index contributed by atoms with van der Waals surface area (Å²) in [7, 11) is 2.91. The minimum absolute atomic E-state index is 0.0831. The summed E-state index contributed by atoms with van der Waals surface area (Å²) in [5, 5.41) is 11.7. The summed E-state index contributed by atoms with van der Waals surface area (Å²) in [5.41, 5.74) is 2.21. The van der Waals surface area contributed by atoms with Crippen molar-refractivity contribution in [3.8, 4) is 23.0 Å². The van der Waals surface area contributed by atoms with Crippen molar-refractivity contribution in [1.29, 1.82) is 0 Å². The predicted molar refractivity (Wildman–Crippen MR) is 148 cm³/mol. The van der Waals surface area contributed by atoms with Gasteiger partial charge in [-0.15, -0.1) is 0 Å². The Labute approximate surface area is 226 Å². The van der Waals surface area contributed by atoms with Gasteiger partial charge in [0.15, 0.2) is 0 Å². The van der Waals surface area contributed by atoms with Crippen molar-refractivity contribution in [2.45, 2.75) is 13.0 Å². The molecule has 5 rings (SSSR count). The Morgan fingerprint density at radius 2 is 1.38 bits per heavy atom. The molecule has 0 saturated carbocycles. The minimum Gasteiger partial charge on any atom is -0.506 e. The second-order valence-electron chi connectivity index (χ2n) is 9.03. The molecule has 7 heteroatoms. The van der Waals surface area contributed by atoms with Crippen molar-refractivity contribution >= 4 is 23.1 Å². The molecule has 1 unspecified atom stereocenters. The largest absolute Gasteiger partial charge is 0.506 e. The van der Waals surface area contributed by atoms with Crippen molar-refractivity contribution in [2.24, 2.45) is 0 Å². The van der Waals surface area contributed by atoms with Crippen LogP contribution in [0.3, 0.4) is 0 Å². The van der Waals surface area contributed by atoms with Crippen LogP contribution in [0.25, 0.3) is 5.76 Å². The fourth-order valence-corrected chi connectivity index (χ4v) is 4.71. The number of hydrogen-bond donors (Lipinski definition) is 1. The van der Waals surface area contributed by atoms with Crippen LogP contribution in [0.1, 0.15) is 22.7 Å². The second kappa shape index (κ2) is 10.8. The number of anilines is 1. The van der Waals surface area contributed by atoms with Gasteiger partial charge in [0.1, 0.15) is 34.3 Å². The van der Waals surface area contributed by atoms with Crippen molar-refractivity contribution in [3.63, 3.8) is 0 Å². The number of carbonyl (C=O) groups is 2. The highest BCUT2D eigenvalue weighted by Crippen LogP contribution is 2.45. The van der Waals surface area contributed by atoms with Gasteiger partial charge in [-0.05, 0) is 61.0 Å². The summed E-state index contributed by atoms with van der Waals surface area (Å²) in [6, 6.07) is 27.8. The molecule has 1 aliphatic rings. The van der Waals surface area contributed by atoms with Crippen LogP contribution in [0.15, 0.2) is 103 Å². The Morgan fingerprint density at radius 1 is 0.769 bits per heavy atom. The molecule has 1 aliphatic heterocycles. The lowest BCUT2D eigenvalue weighted by Gasteiger charge is -2.26. The van der Waals surface area contributed by atoms with Gasteiger partial charge in [-0.1, -0.05) is 54.1 Å². The van der Waals surface area contributed by atoms with Gasteiger partial charge in [0.05, 0.1) is 25.8 Å². The summed E-state index contributed by atoms with van der Waals surface area (Å²) in [6.07, 6.45) is 0. The fourth-order valence-electron chi connectivity index (χ4n) is 4.71. The Morgan fingerprint density at radius 3 is 2.03 bits per heavy atom. The van der Waals surface area contributed by atoms with E-state index in [1.165, 1.54) is 19.1 Å². The average Bonchev–Trinajstić information content (AvgIpc) is 3.23. The van der Waals surface area contributed by atoms with Crippen LogP contribution in [0.2, 0.25) is 0 Å². The number of Topliss-reactive ketones (excluding diaryl/α,β-unsaturated/α-hetero) is 1. The number of aliphatic hydroxyl groups excluding tert-OH is 1. The smallest absolute Gasteiger partial charge is 0.300 e. The Balaban J connectivity index is 1.72. The van der Waals surface area contributed by atoms with Gasteiger partial charge in [0.2, 0.25) is 0 Å². The normalized spacial score (nSPS) is 16.3. The molecular weight excluding hydrogens is 494 g/mol. The van der Waals surface area contributed by atoms with E-state index < -0.39 is 23.5 Å². The lowest BCUT2D eigenvalue weighted by molar-refractivity contribution is -0.132. The number of ether oxygens (including phenoxy) is 3. The van der Waals surface area contributed by atoms with E-state index in [1.54, 1.807) is 54.6 Å². The molecule has 1 N–H and O–H groups in total. The van der Waals surface area contributed by atoms with Crippen molar-refractivity contribution < 1.29 is 28.9 Å². The van der Waals surface area contributed by atoms with Crippen LogP contribution < -0.4 is 19.1 Å². The molecule has 0 radical (unpaired) electrons. The highest BCUT2D eigenvalue weighted by atomic mass is 16.5. The number of para-hydroxylation sites is 1. The van der Waals surface area contributed by atoms with Crippen LogP contribution in [-0.2, 0) is 9.59 Å². The van der Waals surface area contributed by atoms with Gasteiger partial charge in [-0.2, -0.15) is 0 Å². The van der Waals surface area contributed by atoms with Crippen molar-refractivity contribution in [2.75, 3.05) is 19.1 Å². The maximum atomic E-state index is 13.6. The number of carbonyl (C=O) groups excluding carboxylic acids is 2. The van der Waals surface area contributed by atoms with Crippen molar-refractivity contribution in [3.05, 3.63) is 119 Å². The molecule has 0 bridgehead atoms. The highest BCUT2D eigenvalue weighted by molar-refractivity contribution is 6.51. The first kappa shape index (κ1) is 25.6. The van der Waals surface area contributed by atoms with Gasteiger partial charge in [0, 0.05) is 5.69 Å². The number of hydrogen-bond acceptors (Lipinski definition) is 6. The number of rotatable bonds is 7. The quantitative estimate of drug-likeness (QED) is 0.171. The molecular formula is C32H27NO6. The molecule has 4 aromatic carbocycles. The summed E-state index contributed by atoms with van der Waals surface area (Å²) in [5.74, 6) is -0.212. The van der Waals surface area contributed by atoms with E-state index in [2.05, 4.69) is 0 Å². The van der Waals surface area contributed by atoms with Crippen molar-refractivity contribution in [1.82, 2.24) is 0 Å². The molecule has 1 saturated heterocycles. The third-order valence-electron chi connectivity index (χ3n) is 6.57. The number of benzene rings is 4. The summed E-state index contributed by atoms with van der Waals surface area (Å²) >= 11 is 0. The monoisotopic (exact) mass is 521 g/mol. The number of nitrogens with zero attached hydrogens (tertiary/aromatic N) is 1. The van der Waals surface area contributed by atoms with Gasteiger partial charge < -0.3 is 19.3 Å². The van der Waals surface area contributed by atoms with E-state index in [9.17, 15) is 14.7 Å². The van der Waals surface area contributed by atoms with E-state index in [0.29, 0.717) is 34.2 Å². The maximum absolute atomic E-state index is 13.6. The van der Waals surface area contributed by atoms with E-state index >= 15 is 0 Å². The van der Waals surface area contributed by atoms with Crippen LogP contribution in [-0.4, -0.2) is 31.0 Å². The highest BCUT2D eigenvalue weighted by Gasteiger charge is 2.47. The SMILES string of the molecule is COc1cccc(OC)c1/C(O)=C1\C(=O)C(=O)N(c2ccc(C)cc2)C1c1cccc(Oc2ccccc2)c1. The maximum Gasteiger partial charge on any atom is 0.300 e. The molecule has 1 heterocycles. The zero-order valence-electron chi connectivity index (χ0n) is 21.8. The molecule has 196 valence electrons. The fraction of sp³-hybridized carbons (Fsp3) is 0.125. The van der Waals surface area contributed by atoms with Gasteiger partial charge in [0.25, 0.3) is 11.7 Å². The molecule has 0 aliphatic carbocycles. The first-order valence-electron chi connectivity index (χ1n) is 12.3. The van der Waals surface area contributed by atoms with Gasteiger partial charge >= 0.3 is 0 Å². The molecule has 7 nitrogen and oxygen atoms in total. The topological polar surface area (TPSA) is 85.3 Å². The van der Waals surface area contributed by atoms with Gasteiger partial charge in [-0.3, -0.25) is 14.5 Å². The second-order valence-corrected chi connectivity index (χ2v) is 9.03. The molecule has 1 atom stereocenters. The Bertz CT molecular complexity index is 1540. The summed E-state index contributed by atoms with van der Waals surface area (Å²) in [4.78, 5) is 28.6. The average molecular weight is 522 g/mol. The predicted octanol–water partition coefficient (Wildman–Crippen LogP) is 6.43. The number of methoxy groups -OCH3 is 2. The minimum atomic E-state index is -0.943. The molecule has 1 amide bonds. The molecule has 0 spiro atoms. The van der Waals surface area contributed by atoms with Crippen LogP contribution in [0.4, 0.5) is 5.69 Å². The third-order valence-corrected chi connectivity index (χ3v) is 6.57. The number of aryl methyl sites for hydroxylation is 1. The van der Waals surface area contributed by atoms with Gasteiger partial charge in [-0.25, -0.2) is 0 Å². The van der Waals surface area contributed by atoms with E-state index in [-0.39, 0.29) is 11.1 Å². The zero-order valence-corrected chi connectivity index (χ0v) is 21.8. The lowest BCUT2D eigenvalue weighted by atomic mass is 9.94. The van der Waals surface area contributed by atoms with E-state index in [1.807, 2.05) is 49.4 Å². The van der Waals surface area contributed by atoms with Crippen LogP contribution >= 0.6 is 0 Å². The van der Waals surface area contributed by atoms with Crippen LogP contribution in [0.5, 0.6) is 23.0 Å². The Hall–Kier alpha value is -5.04. The molecule has 39 heavy (non-hydrogen) atoms. The summed E-state index contributed by atoms with van der Waals surface area (Å²) in [6.45, 7) is 1.94. The molecule has 0 aromatic heterocycles. The van der Waals surface area contributed by atoms with Crippen LogP contribution in [0, 0.1) is 6.92 Å². The number of ketones is 1. The lowest BCUT2D eigenvalue weighted by Crippen LogP contribution is -2.29. The van der Waals surface area contributed by atoms with E-state index in [0.717, 1.165) is 5.56 Å². The zero-order chi connectivity index (χ0) is 27.5. The standard InChI is InChI=1S/C32H27NO6/c1-20-15-17-22(18-16-20)33-29(21-9-7-12-24(19-21)39-23-10-5-4-6-11-23)28(31(35)32(33)36)30(34)27-25(37-2)13-8-14-26(27)38-3/h4-19,29,34H,1-3H3/b30-28+. The molecule has 4 aromatic rings. The number of aliphatic hydroxyl groups is 1. The summed E-state index contributed by atoms with van der Waals surface area (Å²) < 4.78 is 17.0. The molecule has 1 fully saturated rings. The Kier molecular flexibility index (Phi) is 7.06. The van der Waals surface area contributed by atoms with E-state index in [4.69, 9.17) is 14.2 Å².